The minimum atomic E-state index is -0.321. The Morgan fingerprint density at radius 1 is 1.37 bits per heavy atom. The molecule has 0 bridgehead atoms. The molecule has 2 heterocycles. The van der Waals surface area contributed by atoms with Crippen molar-refractivity contribution in [1.82, 2.24) is 20.8 Å². The Hall–Kier alpha value is -2.12. The highest BCUT2D eigenvalue weighted by atomic mass is 35.5. The lowest BCUT2D eigenvalue weighted by Crippen LogP contribution is -2.34. The molecule has 1 aromatic heterocycles. The Balaban J connectivity index is 0.00000210. The van der Waals surface area contributed by atoms with Crippen LogP contribution in [0.4, 0.5) is 0 Å². The van der Waals surface area contributed by atoms with Gasteiger partial charge in [0.05, 0.1) is 12.7 Å². The van der Waals surface area contributed by atoms with Gasteiger partial charge in [0, 0.05) is 5.92 Å². The van der Waals surface area contributed by atoms with Crippen LogP contribution in [0.5, 0.6) is 5.75 Å². The predicted molar refractivity (Wildman–Crippen MR) is 103 cm³/mol. The van der Waals surface area contributed by atoms with Crippen molar-refractivity contribution in [3.63, 3.8) is 0 Å². The van der Waals surface area contributed by atoms with Crippen LogP contribution in [-0.4, -0.2) is 36.2 Å². The number of hydrogen-bond donors (Lipinski definition) is 2. The second-order valence-corrected chi connectivity index (χ2v) is 7.26. The zero-order valence-corrected chi connectivity index (χ0v) is 16.3. The summed E-state index contributed by atoms with van der Waals surface area (Å²) in [6.07, 6.45) is 3.15. The van der Waals surface area contributed by atoms with Crippen molar-refractivity contribution in [2.24, 2.45) is 11.3 Å². The number of piperidine rings is 1. The molecule has 2 aromatic rings. The molecule has 27 heavy (non-hydrogen) atoms. The monoisotopic (exact) mass is 392 g/mol. The molecule has 1 aromatic carbocycles. The summed E-state index contributed by atoms with van der Waals surface area (Å²) in [5, 5.41) is 10.4. The van der Waals surface area contributed by atoms with E-state index in [9.17, 15) is 4.79 Å². The van der Waals surface area contributed by atoms with Gasteiger partial charge in [-0.15, -0.1) is 12.4 Å². The minimum Gasteiger partial charge on any atom is -0.496 e. The van der Waals surface area contributed by atoms with Gasteiger partial charge in [-0.25, -0.2) is 0 Å². The fourth-order valence-electron chi connectivity index (χ4n) is 3.92. The van der Waals surface area contributed by atoms with Crippen LogP contribution in [0, 0.1) is 11.3 Å². The van der Waals surface area contributed by atoms with Crippen LogP contribution >= 0.6 is 12.4 Å². The van der Waals surface area contributed by atoms with Crippen molar-refractivity contribution in [3.8, 4) is 17.1 Å². The van der Waals surface area contributed by atoms with Crippen molar-refractivity contribution in [1.29, 1.82) is 0 Å². The van der Waals surface area contributed by atoms with Crippen molar-refractivity contribution in [2.75, 3.05) is 20.2 Å². The lowest BCUT2D eigenvalue weighted by Gasteiger charge is -2.23. The van der Waals surface area contributed by atoms with Crippen LogP contribution in [0.15, 0.2) is 28.8 Å². The maximum atomic E-state index is 12.6. The summed E-state index contributed by atoms with van der Waals surface area (Å²) in [5.41, 5.74) is 0.978. The summed E-state index contributed by atoms with van der Waals surface area (Å²) >= 11 is 0. The molecular formula is C19H25ClN4O3. The Kier molecular flexibility index (Phi) is 5.72. The first-order valence-electron chi connectivity index (χ1n) is 9.11. The number of amides is 1. The summed E-state index contributed by atoms with van der Waals surface area (Å²) in [4.78, 5) is 17.0. The molecule has 1 saturated carbocycles. The largest absolute Gasteiger partial charge is 0.496 e. The molecular weight excluding hydrogens is 368 g/mol. The minimum absolute atomic E-state index is 0. The molecule has 2 unspecified atom stereocenters. The summed E-state index contributed by atoms with van der Waals surface area (Å²) in [5.74, 6) is 1.75. The maximum Gasteiger partial charge on any atom is 0.249 e. The fraction of sp³-hybridized carbons (Fsp3) is 0.526. The van der Waals surface area contributed by atoms with Crippen molar-refractivity contribution < 1.29 is 14.1 Å². The molecule has 7 nitrogen and oxygen atoms in total. The van der Waals surface area contributed by atoms with Crippen molar-refractivity contribution >= 4 is 18.3 Å². The van der Waals surface area contributed by atoms with E-state index in [4.69, 9.17) is 9.26 Å². The molecule has 146 valence electrons. The van der Waals surface area contributed by atoms with Crippen LogP contribution < -0.4 is 15.4 Å². The van der Waals surface area contributed by atoms with E-state index < -0.39 is 0 Å². The summed E-state index contributed by atoms with van der Waals surface area (Å²) < 4.78 is 10.7. The third-order valence-electron chi connectivity index (χ3n) is 5.62. The molecule has 1 aliphatic carbocycles. The molecule has 4 rings (SSSR count). The quantitative estimate of drug-likeness (QED) is 0.813. The van der Waals surface area contributed by atoms with Gasteiger partial charge in [-0.05, 0) is 56.8 Å². The SMILES string of the molecule is COc1ccccc1-c1noc(C(C)NC(=O)C2CC23CCNCC3)n1.Cl. The van der Waals surface area contributed by atoms with Crippen LogP contribution in [0.1, 0.15) is 38.1 Å². The number of carbonyl (C=O) groups excluding carboxylic acids is 1. The average molecular weight is 393 g/mol. The summed E-state index contributed by atoms with van der Waals surface area (Å²) in [6.45, 7) is 3.88. The van der Waals surface area contributed by atoms with Crippen LogP contribution in [-0.2, 0) is 4.79 Å². The van der Waals surface area contributed by atoms with Gasteiger partial charge >= 0.3 is 0 Å². The van der Waals surface area contributed by atoms with Gasteiger partial charge in [0.15, 0.2) is 0 Å². The lowest BCUT2D eigenvalue weighted by atomic mass is 9.91. The smallest absolute Gasteiger partial charge is 0.249 e. The topological polar surface area (TPSA) is 89.3 Å². The van der Waals surface area contributed by atoms with Gasteiger partial charge in [-0.3, -0.25) is 4.79 Å². The number of nitrogens with zero attached hydrogens (tertiary/aromatic N) is 2. The van der Waals surface area contributed by atoms with E-state index in [0.717, 1.165) is 37.9 Å². The molecule has 1 spiro atoms. The first kappa shape index (κ1) is 19.6. The molecule has 2 atom stereocenters. The Morgan fingerprint density at radius 2 is 2.11 bits per heavy atom. The summed E-state index contributed by atoms with van der Waals surface area (Å²) in [7, 11) is 1.61. The molecule has 1 amide bonds. The number of carbonyl (C=O) groups is 1. The van der Waals surface area contributed by atoms with E-state index in [0.29, 0.717) is 17.5 Å². The zero-order valence-electron chi connectivity index (χ0n) is 15.5. The predicted octanol–water partition coefficient (Wildman–Crippen LogP) is 2.73. The lowest BCUT2D eigenvalue weighted by molar-refractivity contribution is -0.124. The third kappa shape index (κ3) is 3.80. The van der Waals surface area contributed by atoms with Crippen LogP contribution in [0.25, 0.3) is 11.4 Å². The molecule has 2 N–H and O–H groups in total. The van der Waals surface area contributed by atoms with Gasteiger partial charge in [-0.2, -0.15) is 4.98 Å². The number of aromatic nitrogens is 2. The molecule has 2 fully saturated rings. The van der Waals surface area contributed by atoms with Crippen molar-refractivity contribution in [3.05, 3.63) is 30.2 Å². The second-order valence-electron chi connectivity index (χ2n) is 7.26. The van der Waals surface area contributed by atoms with E-state index >= 15 is 0 Å². The molecule has 1 aliphatic heterocycles. The number of rotatable bonds is 5. The van der Waals surface area contributed by atoms with Gasteiger partial charge in [0.25, 0.3) is 0 Å². The molecule has 0 radical (unpaired) electrons. The molecule has 2 aliphatic rings. The highest BCUT2D eigenvalue weighted by Crippen LogP contribution is 2.58. The maximum absolute atomic E-state index is 12.6. The standard InChI is InChI=1S/C19H24N4O3.ClH/c1-12(21-17(24)14-11-19(14)7-9-20-10-8-19)18-22-16(23-26-18)13-5-3-4-6-15(13)25-2;/h3-6,12,14,20H,7-11H2,1-2H3,(H,21,24);1H. The number of benzene rings is 1. The zero-order chi connectivity index (χ0) is 18.1. The van der Waals surface area contributed by atoms with Gasteiger partial charge in [0.2, 0.25) is 17.6 Å². The first-order chi connectivity index (χ1) is 12.6. The highest BCUT2D eigenvalue weighted by Gasteiger charge is 2.57. The van der Waals surface area contributed by atoms with E-state index in [1.54, 1.807) is 7.11 Å². The number of hydrogen-bond acceptors (Lipinski definition) is 6. The Bertz CT molecular complexity index is 804. The van der Waals surface area contributed by atoms with Gasteiger partial charge in [0.1, 0.15) is 11.8 Å². The van der Waals surface area contributed by atoms with E-state index in [2.05, 4.69) is 20.8 Å². The Morgan fingerprint density at radius 3 is 2.85 bits per heavy atom. The van der Waals surface area contributed by atoms with Crippen molar-refractivity contribution in [2.45, 2.75) is 32.2 Å². The number of para-hydroxylation sites is 1. The number of nitrogens with one attached hydrogen (secondary N) is 2. The molecule has 1 saturated heterocycles. The normalized spacial score (nSPS) is 21.2. The highest BCUT2D eigenvalue weighted by molar-refractivity contribution is 5.85. The second kappa shape index (κ2) is 7.86. The van der Waals surface area contributed by atoms with Crippen LogP contribution in [0.2, 0.25) is 0 Å². The van der Waals surface area contributed by atoms with Crippen LogP contribution in [0.3, 0.4) is 0 Å². The summed E-state index contributed by atoms with van der Waals surface area (Å²) in [6, 6.07) is 7.19. The third-order valence-corrected chi connectivity index (χ3v) is 5.62. The van der Waals surface area contributed by atoms with E-state index in [1.165, 1.54) is 0 Å². The van der Waals surface area contributed by atoms with E-state index in [-0.39, 0.29) is 35.7 Å². The van der Waals surface area contributed by atoms with E-state index in [1.807, 2.05) is 31.2 Å². The van der Waals surface area contributed by atoms with Gasteiger partial charge < -0.3 is 19.9 Å². The van der Waals surface area contributed by atoms with Gasteiger partial charge in [-0.1, -0.05) is 17.3 Å². The average Bonchev–Trinajstić information content (AvgIpc) is 3.14. The molecule has 8 heteroatoms. The number of halogens is 1. The first-order valence-corrected chi connectivity index (χ1v) is 9.11. The number of methoxy groups -OCH3 is 1. The Labute approximate surface area is 164 Å². The fourth-order valence-corrected chi connectivity index (χ4v) is 3.92. The number of ether oxygens (including phenoxy) is 1.